The molecule has 0 saturated heterocycles. The van der Waals surface area contributed by atoms with Crippen LogP contribution in [0.5, 0.6) is 0 Å². The van der Waals surface area contributed by atoms with Crippen LogP contribution in [0, 0.1) is 13.8 Å². The van der Waals surface area contributed by atoms with Gasteiger partial charge in [0, 0.05) is 5.69 Å². The lowest BCUT2D eigenvalue weighted by molar-refractivity contribution is 0.833. The summed E-state index contributed by atoms with van der Waals surface area (Å²) in [6.45, 7) is 6.27. The van der Waals surface area contributed by atoms with Crippen molar-refractivity contribution in [2.75, 3.05) is 0 Å². The average Bonchev–Trinajstić information content (AvgIpc) is 2.55. The molecule has 0 atom stereocenters. The smallest absolute Gasteiger partial charge is 0.0835 e. The van der Waals surface area contributed by atoms with Crippen LogP contribution in [-0.2, 0) is 6.42 Å². The summed E-state index contributed by atoms with van der Waals surface area (Å²) in [5.74, 6) is 0. The van der Waals surface area contributed by atoms with Crippen LogP contribution < -0.4 is 0 Å². The van der Waals surface area contributed by atoms with Gasteiger partial charge in [-0.1, -0.05) is 30.7 Å². The molecule has 0 amide bonds. The van der Waals surface area contributed by atoms with Crippen molar-refractivity contribution < 1.29 is 0 Å². The zero-order chi connectivity index (χ0) is 11.7. The predicted octanol–water partition coefficient (Wildman–Crippen LogP) is 3.70. The maximum absolute atomic E-state index is 6.17. The van der Waals surface area contributed by atoms with E-state index < -0.39 is 0 Å². The first kappa shape index (κ1) is 11.2. The van der Waals surface area contributed by atoms with Crippen molar-refractivity contribution in [2.45, 2.75) is 27.2 Å². The average molecular weight is 235 g/mol. The van der Waals surface area contributed by atoms with Crippen LogP contribution in [0.4, 0.5) is 0 Å². The summed E-state index contributed by atoms with van der Waals surface area (Å²) in [5.41, 5.74) is 4.51. The quantitative estimate of drug-likeness (QED) is 0.775. The van der Waals surface area contributed by atoms with E-state index in [2.05, 4.69) is 18.9 Å². The molecule has 0 bridgehead atoms. The maximum atomic E-state index is 6.17. The second-order valence-corrected chi connectivity index (χ2v) is 4.27. The van der Waals surface area contributed by atoms with Gasteiger partial charge in [0.2, 0.25) is 0 Å². The van der Waals surface area contributed by atoms with Gasteiger partial charge in [0.15, 0.2) is 0 Å². The van der Waals surface area contributed by atoms with Gasteiger partial charge in [0.25, 0.3) is 0 Å². The number of hydrogen-bond donors (Lipinski definition) is 0. The molecule has 16 heavy (non-hydrogen) atoms. The van der Waals surface area contributed by atoms with Crippen molar-refractivity contribution >= 4 is 11.6 Å². The van der Waals surface area contributed by atoms with Crippen molar-refractivity contribution in [3.05, 3.63) is 46.2 Å². The Balaban J connectivity index is 2.62. The summed E-state index contributed by atoms with van der Waals surface area (Å²) in [7, 11) is 0. The van der Waals surface area contributed by atoms with Crippen molar-refractivity contribution in [2.24, 2.45) is 0 Å². The Kier molecular flexibility index (Phi) is 3.01. The lowest BCUT2D eigenvalue weighted by Crippen LogP contribution is -2.00. The Morgan fingerprint density at radius 2 is 1.94 bits per heavy atom. The Bertz CT molecular complexity index is 515. The SMILES string of the molecule is CCc1c(C)nn(-c2ccccc2Cl)c1C. The Morgan fingerprint density at radius 3 is 2.50 bits per heavy atom. The van der Waals surface area contributed by atoms with Gasteiger partial charge < -0.3 is 0 Å². The summed E-state index contributed by atoms with van der Waals surface area (Å²) >= 11 is 6.17. The summed E-state index contributed by atoms with van der Waals surface area (Å²) in [6, 6.07) is 7.78. The van der Waals surface area contributed by atoms with E-state index in [1.807, 2.05) is 35.9 Å². The Labute approximate surface area is 101 Å². The van der Waals surface area contributed by atoms with E-state index in [9.17, 15) is 0 Å². The number of nitrogens with zero attached hydrogens (tertiary/aromatic N) is 2. The number of hydrogen-bond acceptors (Lipinski definition) is 1. The highest BCUT2D eigenvalue weighted by atomic mass is 35.5. The molecule has 0 aliphatic rings. The van der Waals surface area contributed by atoms with E-state index in [4.69, 9.17) is 11.6 Å². The van der Waals surface area contributed by atoms with E-state index in [0.29, 0.717) is 0 Å². The van der Waals surface area contributed by atoms with Gasteiger partial charge in [-0.15, -0.1) is 0 Å². The molecule has 3 heteroatoms. The molecule has 2 nitrogen and oxygen atoms in total. The van der Waals surface area contributed by atoms with E-state index in [0.717, 1.165) is 22.8 Å². The molecule has 0 unspecified atom stereocenters. The number of aryl methyl sites for hydroxylation is 1. The fourth-order valence-corrected chi connectivity index (χ4v) is 2.26. The van der Waals surface area contributed by atoms with Crippen LogP contribution in [0.2, 0.25) is 5.02 Å². The molecule has 0 spiro atoms. The molecule has 1 aromatic carbocycles. The summed E-state index contributed by atoms with van der Waals surface area (Å²) in [6.07, 6.45) is 1.00. The lowest BCUT2D eigenvalue weighted by Gasteiger charge is -2.06. The van der Waals surface area contributed by atoms with Crippen LogP contribution in [-0.4, -0.2) is 9.78 Å². The van der Waals surface area contributed by atoms with Crippen LogP contribution in [0.25, 0.3) is 5.69 Å². The normalized spacial score (nSPS) is 10.8. The number of aromatic nitrogens is 2. The van der Waals surface area contributed by atoms with Crippen molar-refractivity contribution in [1.82, 2.24) is 9.78 Å². The van der Waals surface area contributed by atoms with Gasteiger partial charge in [-0.3, -0.25) is 0 Å². The van der Waals surface area contributed by atoms with Crippen molar-refractivity contribution in [3.8, 4) is 5.69 Å². The van der Waals surface area contributed by atoms with Crippen LogP contribution in [0.3, 0.4) is 0 Å². The first-order valence-corrected chi connectivity index (χ1v) is 5.83. The standard InChI is InChI=1S/C13H15ClN2/c1-4-11-9(2)15-16(10(11)3)13-8-6-5-7-12(13)14/h5-8H,4H2,1-3H3. The van der Waals surface area contributed by atoms with Crippen molar-refractivity contribution in [1.29, 1.82) is 0 Å². The first-order chi connectivity index (χ1) is 7.65. The number of para-hydroxylation sites is 1. The van der Waals surface area contributed by atoms with Gasteiger partial charge in [0.05, 0.1) is 16.4 Å². The third-order valence-corrected chi connectivity index (χ3v) is 3.19. The molecule has 1 heterocycles. The molecule has 1 aromatic heterocycles. The van der Waals surface area contributed by atoms with E-state index in [1.54, 1.807) is 0 Å². The zero-order valence-electron chi connectivity index (χ0n) is 9.79. The first-order valence-electron chi connectivity index (χ1n) is 5.45. The minimum Gasteiger partial charge on any atom is -0.236 e. The second kappa shape index (κ2) is 4.30. The lowest BCUT2D eigenvalue weighted by atomic mass is 10.1. The Morgan fingerprint density at radius 1 is 1.25 bits per heavy atom. The third kappa shape index (κ3) is 1.74. The van der Waals surface area contributed by atoms with Gasteiger partial charge in [-0.25, -0.2) is 4.68 Å². The molecule has 0 fully saturated rings. The van der Waals surface area contributed by atoms with Crippen molar-refractivity contribution in [3.63, 3.8) is 0 Å². The molecule has 0 saturated carbocycles. The van der Waals surface area contributed by atoms with E-state index in [-0.39, 0.29) is 0 Å². The van der Waals surface area contributed by atoms with Gasteiger partial charge in [-0.2, -0.15) is 5.10 Å². The second-order valence-electron chi connectivity index (χ2n) is 3.87. The monoisotopic (exact) mass is 234 g/mol. The number of halogens is 1. The van der Waals surface area contributed by atoms with Crippen LogP contribution >= 0.6 is 11.6 Å². The van der Waals surface area contributed by atoms with Gasteiger partial charge in [-0.05, 0) is 38.0 Å². The highest BCUT2D eigenvalue weighted by Crippen LogP contribution is 2.23. The topological polar surface area (TPSA) is 17.8 Å². The fraction of sp³-hybridized carbons (Fsp3) is 0.308. The zero-order valence-corrected chi connectivity index (χ0v) is 10.5. The van der Waals surface area contributed by atoms with E-state index in [1.165, 1.54) is 11.3 Å². The number of rotatable bonds is 2. The highest BCUT2D eigenvalue weighted by molar-refractivity contribution is 6.32. The highest BCUT2D eigenvalue weighted by Gasteiger charge is 2.12. The molecular formula is C13H15ClN2. The third-order valence-electron chi connectivity index (χ3n) is 2.88. The largest absolute Gasteiger partial charge is 0.236 e. The molecular weight excluding hydrogens is 220 g/mol. The molecule has 0 radical (unpaired) electrons. The van der Waals surface area contributed by atoms with E-state index >= 15 is 0 Å². The maximum Gasteiger partial charge on any atom is 0.0835 e. The predicted molar refractivity (Wildman–Crippen MR) is 67.4 cm³/mol. The fourth-order valence-electron chi connectivity index (χ4n) is 2.04. The van der Waals surface area contributed by atoms with Gasteiger partial charge >= 0.3 is 0 Å². The number of benzene rings is 1. The van der Waals surface area contributed by atoms with Crippen LogP contribution in [0.15, 0.2) is 24.3 Å². The summed E-state index contributed by atoms with van der Waals surface area (Å²) in [4.78, 5) is 0. The molecule has 2 rings (SSSR count). The molecule has 0 aliphatic carbocycles. The van der Waals surface area contributed by atoms with Crippen LogP contribution in [0.1, 0.15) is 23.9 Å². The molecule has 2 aromatic rings. The molecule has 0 N–H and O–H groups in total. The minimum atomic E-state index is 0.732. The molecule has 0 aliphatic heterocycles. The Hall–Kier alpha value is -1.28. The van der Waals surface area contributed by atoms with Gasteiger partial charge in [0.1, 0.15) is 0 Å². The minimum absolute atomic E-state index is 0.732. The summed E-state index contributed by atoms with van der Waals surface area (Å²) in [5, 5.41) is 5.28. The summed E-state index contributed by atoms with van der Waals surface area (Å²) < 4.78 is 1.93. The molecule has 84 valence electrons.